The number of ether oxygens (including phenoxy) is 1. The van der Waals surface area contributed by atoms with Crippen molar-refractivity contribution in [3.05, 3.63) is 10.4 Å². The highest BCUT2D eigenvalue weighted by Gasteiger charge is 1.99. The first-order valence-electron chi connectivity index (χ1n) is 2.58. The molecule has 0 saturated carbocycles. The van der Waals surface area contributed by atoms with Crippen LogP contribution in [-0.2, 0) is 4.74 Å². The van der Waals surface area contributed by atoms with E-state index in [0.717, 1.165) is 0 Å². The molecule has 0 aromatic heterocycles. The van der Waals surface area contributed by atoms with Crippen molar-refractivity contribution in [2.24, 2.45) is 10.8 Å². The van der Waals surface area contributed by atoms with Crippen molar-refractivity contribution < 1.29 is 4.74 Å². The van der Waals surface area contributed by atoms with Crippen LogP contribution in [0.3, 0.4) is 0 Å². The van der Waals surface area contributed by atoms with Gasteiger partial charge >= 0.3 is 0 Å². The summed E-state index contributed by atoms with van der Waals surface area (Å²) in [4.78, 5) is 2.56. The summed E-state index contributed by atoms with van der Waals surface area (Å²) < 4.78 is 4.81. The molecule has 5 nitrogen and oxygen atoms in total. The van der Waals surface area contributed by atoms with Crippen molar-refractivity contribution in [3.63, 3.8) is 0 Å². The maximum absolute atomic E-state index is 7.87. The topological polar surface area (TPSA) is 84.0 Å². The predicted octanol–water partition coefficient (Wildman–Crippen LogP) is 0.270. The molecular formula is C4H10N4O. The third kappa shape index (κ3) is 3.78. The van der Waals surface area contributed by atoms with Crippen LogP contribution in [0.15, 0.2) is 5.11 Å². The smallest absolute Gasteiger partial charge is 0.0749 e. The molecule has 0 heterocycles. The number of nitrogens with zero attached hydrogens (tertiary/aromatic N) is 3. The fourth-order valence-corrected chi connectivity index (χ4v) is 0.373. The summed E-state index contributed by atoms with van der Waals surface area (Å²) in [5.74, 6) is 0. The highest BCUT2D eigenvalue weighted by Crippen LogP contribution is 1.86. The molecule has 0 saturated heterocycles. The second-order valence-corrected chi connectivity index (χ2v) is 1.51. The molecule has 9 heavy (non-hydrogen) atoms. The minimum absolute atomic E-state index is 0.138. The van der Waals surface area contributed by atoms with Crippen LogP contribution < -0.4 is 5.73 Å². The summed E-state index contributed by atoms with van der Waals surface area (Å²) in [7, 11) is 1.53. The molecule has 1 atom stereocenters. The number of nitrogens with two attached hydrogens (primary N) is 1. The van der Waals surface area contributed by atoms with Crippen molar-refractivity contribution in [3.8, 4) is 0 Å². The van der Waals surface area contributed by atoms with Gasteiger partial charge in [-0.15, -0.1) is 0 Å². The lowest BCUT2D eigenvalue weighted by molar-refractivity contribution is 0.116. The van der Waals surface area contributed by atoms with Gasteiger partial charge in [0.1, 0.15) is 0 Å². The first kappa shape index (κ1) is 8.23. The van der Waals surface area contributed by atoms with Gasteiger partial charge < -0.3 is 10.5 Å². The fraction of sp³-hybridized carbons (Fsp3) is 1.00. The van der Waals surface area contributed by atoms with E-state index in [-0.39, 0.29) is 6.10 Å². The number of rotatable bonds is 4. The maximum Gasteiger partial charge on any atom is 0.0749 e. The molecular weight excluding hydrogens is 120 g/mol. The Morgan fingerprint density at radius 1 is 1.89 bits per heavy atom. The summed E-state index contributed by atoms with van der Waals surface area (Å²) in [6.45, 7) is 0.693. The lowest BCUT2D eigenvalue weighted by Crippen LogP contribution is -2.24. The van der Waals surface area contributed by atoms with E-state index in [1.807, 2.05) is 0 Å². The van der Waals surface area contributed by atoms with Gasteiger partial charge in [0.05, 0.1) is 12.6 Å². The molecule has 0 aliphatic rings. The second kappa shape index (κ2) is 5.37. The van der Waals surface area contributed by atoms with Gasteiger partial charge in [0.15, 0.2) is 0 Å². The SMILES string of the molecule is COC(CN)CN=[N+]=[N-]. The summed E-state index contributed by atoms with van der Waals surface area (Å²) in [6, 6.07) is 0. The average molecular weight is 130 g/mol. The van der Waals surface area contributed by atoms with Crippen molar-refractivity contribution in [1.29, 1.82) is 0 Å². The second-order valence-electron chi connectivity index (χ2n) is 1.51. The molecule has 52 valence electrons. The summed E-state index contributed by atoms with van der Waals surface area (Å²) in [5, 5.41) is 3.29. The summed E-state index contributed by atoms with van der Waals surface area (Å²) >= 11 is 0. The first-order valence-corrected chi connectivity index (χ1v) is 2.58. The zero-order valence-electron chi connectivity index (χ0n) is 5.32. The molecule has 0 radical (unpaired) electrons. The number of methoxy groups -OCH3 is 1. The molecule has 0 rings (SSSR count). The molecule has 0 aromatic carbocycles. The van der Waals surface area contributed by atoms with Crippen molar-refractivity contribution >= 4 is 0 Å². The Morgan fingerprint density at radius 2 is 2.56 bits per heavy atom. The summed E-state index contributed by atoms with van der Waals surface area (Å²) in [6.07, 6.45) is -0.138. The maximum atomic E-state index is 7.87. The molecule has 0 aliphatic carbocycles. The zero-order valence-corrected chi connectivity index (χ0v) is 5.32. The highest BCUT2D eigenvalue weighted by molar-refractivity contribution is 4.60. The molecule has 5 heteroatoms. The van der Waals surface area contributed by atoms with E-state index < -0.39 is 0 Å². The van der Waals surface area contributed by atoms with Crippen LogP contribution in [0, 0.1) is 0 Å². The predicted molar refractivity (Wildman–Crippen MR) is 33.9 cm³/mol. The van der Waals surface area contributed by atoms with Crippen LogP contribution in [0.2, 0.25) is 0 Å². The van der Waals surface area contributed by atoms with Crippen LogP contribution in [0.1, 0.15) is 0 Å². The third-order valence-corrected chi connectivity index (χ3v) is 0.945. The van der Waals surface area contributed by atoms with Crippen molar-refractivity contribution in [2.75, 3.05) is 20.2 Å². The minimum Gasteiger partial charge on any atom is -0.380 e. The lowest BCUT2D eigenvalue weighted by atomic mass is 10.4. The number of hydrogen-bond donors (Lipinski definition) is 1. The zero-order chi connectivity index (χ0) is 7.11. The van der Waals surface area contributed by atoms with E-state index in [1.165, 1.54) is 7.11 Å². The summed E-state index contributed by atoms with van der Waals surface area (Å²) in [5.41, 5.74) is 13.1. The van der Waals surface area contributed by atoms with Crippen molar-refractivity contribution in [2.45, 2.75) is 6.10 Å². The average Bonchev–Trinajstić information content (AvgIpc) is 1.91. The molecule has 0 bridgehead atoms. The van der Waals surface area contributed by atoms with Gasteiger partial charge in [0, 0.05) is 18.6 Å². The Hall–Kier alpha value is -0.770. The Balaban J connectivity index is 3.42. The molecule has 0 amide bonds. The van der Waals surface area contributed by atoms with Gasteiger partial charge in [-0.05, 0) is 5.53 Å². The van der Waals surface area contributed by atoms with Gasteiger partial charge in [-0.1, -0.05) is 5.11 Å². The van der Waals surface area contributed by atoms with Gasteiger partial charge in [0.25, 0.3) is 0 Å². The van der Waals surface area contributed by atoms with E-state index in [9.17, 15) is 0 Å². The number of hydrogen-bond acceptors (Lipinski definition) is 3. The molecule has 1 unspecified atom stereocenters. The van der Waals surface area contributed by atoms with Gasteiger partial charge in [-0.3, -0.25) is 0 Å². The Labute approximate surface area is 53.4 Å². The minimum atomic E-state index is -0.138. The molecule has 0 aliphatic heterocycles. The van der Waals surface area contributed by atoms with Crippen LogP contribution in [0.4, 0.5) is 0 Å². The van der Waals surface area contributed by atoms with Crippen LogP contribution in [0.5, 0.6) is 0 Å². The Kier molecular flexibility index (Phi) is 4.91. The van der Waals surface area contributed by atoms with E-state index >= 15 is 0 Å². The molecule has 0 spiro atoms. The Bertz CT molecular complexity index is 105. The van der Waals surface area contributed by atoms with E-state index in [4.69, 9.17) is 16.0 Å². The van der Waals surface area contributed by atoms with Crippen LogP contribution in [0.25, 0.3) is 10.4 Å². The van der Waals surface area contributed by atoms with E-state index in [1.54, 1.807) is 0 Å². The third-order valence-electron chi connectivity index (χ3n) is 0.945. The molecule has 0 aromatic rings. The van der Waals surface area contributed by atoms with E-state index in [0.29, 0.717) is 13.1 Å². The number of azide groups is 1. The lowest BCUT2D eigenvalue weighted by Gasteiger charge is -2.07. The highest BCUT2D eigenvalue weighted by atomic mass is 16.5. The standard InChI is InChI=1S/C4H10N4O/c1-9-4(2-5)3-7-8-6/h4H,2-3,5H2,1H3. The largest absolute Gasteiger partial charge is 0.380 e. The molecule has 2 N–H and O–H groups in total. The quantitative estimate of drug-likeness (QED) is 0.336. The monoisotopic (exact) mass is 130 g/mol. The first-order chi connectivity index (χ1) is 4.35. The Morgan fingerprint density at radius 3 is 2.89 bits per heavy atom. The van der Waals surface area contributed by atoms with Crippen LogP contribution >= 0.6 is 0 Å². The van der Waals surface area contributed by atoms with Crippen LogP contribution in [-0.4, -0.2) is 26.3 Å². The normalized spacial score (nSPS) is 12.2. The van der Waals surface area contributed by atoms with Crippen molar-refractivity contribution in [1.82, 2.24) is 0 Å². The van der Waals surface area contributed by atoms with Gasteiger partial charge in [-0.25, -0.2) is 0 Å². The van der Waals surface area contributed by atoms with Gasteiger partial charge in [0.2, 0.25) is 0 Å². The fourth-order valence-electron chi connectivity index (χ4n) is 0.373. The van der Waals surface area contributed by atoms with Gasteiger partial charge in [-0.2, -0.15) is 0 Å². The molecule has 0 fully saturated rings. The van der Waals surface area contributed by atoms with E-state index in [2.05, 4.69) is 10.0 Å².